The highest BCUT2D eigenvalue weighted by molar-refractivity contribution is 6.34. The summed E-state index contributed by atoms with van der Waals surface area (Å²) in [5.74, 6) is -1.99. The predicted octanol–water partition coefficient (Wildman–Crippen LogP) is 3.32. The number of nitrogens with one attached hydrogen (secondary N) is 2. The molecule has 0 aliphatic carbocycles. The first-order chi connectivity index (χ1) is 15.9. The Morgan fingerprint density at radius 3 is 2.73 bits per heavy atom. The molecule has 0 spiro atoms. The van der Waals surface area contributed by atoms with Gasteiger partial charge in [0.1, 0.15) is 22.9 Å². The summed E-state index contributed by atoms with van der Waals surface area (Å²) < 4.78 is 35.0. The van der Waals surface area contributed by atoms with Crippen molar-refractivity contribution in [3.63, 3.8) is 0 Å². The second-order valence-corrected chi connectivity index (χ2v) is 7.85. The van der Waals surface area contributed by atoms with Crippen LogP contribution >= 0.6 is 11.6 Å². The van der Waals surface area contributed by atoms with Gasteiger partial charge in [0.25, 0.3) is 0 Å². The van der Waals surface area contributed by atoms with Crippen LogP contribution in [0.4, 0.5) is 20.5 Å². The van der Waals surface area contributed by atoms with Gasteiger partial charge in [0.2, 0.25) is 5.95 Å². The lowest BCUT2D eigenvalue weighted by Crippen LogP contribution is -2.44. The summed E-state index contributed by atoms with van der Waals surface area (Å²) in [6.07, 6.45) is 0.0678. The first kappa shape index (κ1) is 22.9. The second-order valence-electron chi connectivity index (χ2n) is 7.44. The third kappa shape index (κ3) is 4.62. The number of nitrogens with zero attached hydrogens (tertiary/aromatic N) is 3. The maximum atomic E-state index is 15.8. The molecule has 1 aliphatic rings. The van der Waals surface area contributed by atoms with Crippen molar-refractivity contribution in [2.45, 2.75) is 6.42 Å². The van der Waals surface area contributed by atoms with Crippen LogP contribution in [0, 0.1) is 11.6 Å². The monoisotopic (exact) mass is 477 g/mol. The molecule has 33 heavy (non-hydrogen) atoms. The zero-order chi connectivity index (χ0) is 23.5. The Morgan fingerprint density at radius 1 is 1.27 bits per heavy atom. The molecular weight excluding hydrogens is 456 g/mol. The van der Waals surface area contributed by atoms with Gasteiger partial charge in [-0.3, -0.25) is 4.79 Å². The van der Waals surface area contributed by atoms with Gasteiger partial charge in [-0.25, -0.2) is 13.8 Å². The van der Waals surface area contributed by atoms with Crippen molar-refractivity contribution in [1.82, 2.24) is 15.3 Å². The molecule has 0 amide bonds. The van der Waals surface area contributed by atoms with E-state index >= 15 is 4.39 Å². The zero-order valence-electron chi connectivity index (χ0n) is 17.8. The number of methoxy groups -OCH3 is 1. The fourth-order valence-corrected chi connectivity index (χ4v) is 4.03. The fraction of sp³-hybridized carbons (Fsp3) is 0.318. The summed E-state index contributed by atoms with van der Waals surface area (Å²) in [5.41, 5.74) is -0.712. The summed E-state index contributed by atoms with van der Waals surface area (Å²) >= 11 is 6.40. The molecule has 1 aliphatic heterocycles. The Hall–Kier alpha value is -3.24. The highest BCUT2D eigenvalue weighted by Crippen LogP contribution is 2.42. The van der Waals surface area contributed by atoms with Gasteiger partial charge in [-0.15, -0.1) is 0 Å². The molecule has 0 bridgehead atoms. The number of carbonyl (C=O) groups is 1. The maximum Gasteiger partial charge on any atom is 0.307 e. The minimum atomic E-state index is -0.882. The summed E-state index contributed by atoms with van der Waals surface area (Å²) in [6, 6.07) is 5.16. The molecular formula is C22H22ClF2N5O3. The summed E-state index contributed by atoms with van der Waals surface area (Å²) in [5, 5.41) is 16.6. The molecule has 174 valence electrons. The molecule has 11 heteroatoms. The van der Waals surface area contributed by atoms with Crippen LogP contribution in [0.5, 0.6) is 5.75 Å². The lowest BCUT2D eigenvalue weighted by atomic mass is 10.0. The summed E-state index contributed by atoms with van der Waals surface area (Å²) in [6.45, 7) is 2.86. The molecule has 4 rings (SSSR count). The van der Waals surface area contributed by atoms with Gasteiger partial charge in [-0.1, -0.05) is 17.7 Å². The molecule has 2 aromatic carbocycles. The molecule has 0 radical (unpaired) electrons. The van der Waals surface area contributed by atoms with E-state index in [0.717, 1.165) is 6.07 Å². The number of rotatable bonds is 6. The standard InChI is InChI=1S/C22H22ClF2N5O3/c1-33-16(32)5-6-27-22-28-20-12(21(29-22)30-9-7-26-8-10-30)11-13(23)17(19(20)25)18-14(24)3-2-4-15(18)31/h2-4,11,26,31H,5-10H2,1H3,(H,27,28,29). The average Bonchev–Trinajstić information content (AvgIpc) is 2.81. The van der Waals surface area contributed by atoms with Gasteiger partial charge in [0.15, 0.2) is 5.82 Å². The van der Waals surface area contributed by atoms with Gasteiger partial charge in [-0.2, -0.15) is 4.98 Å². The molecule has 1 fully saturated rings. The highest BCUT2D eigenvalue weighted by atomic mass is 35.5. The van der Waals surface area contributed by atoms with E-state index in [1.807, 2.05) is 4.90 Å². The number of piperazine rings is 1. The largest absolute Gasteiger partial charge is 0.507 e. The molecule has 0 unspecified atom stereocenters. The minimum Gasteiger partial charge on any atom is -0.507 e. The normalized spacial score (nSPS) is 13.9. The van der Waals surface area contributed by atoms with Crippen LogP contribution < -0.4 is 15.5 Å². The quantitative estimate of drug-likeness (QED) is 0.465. The first-order valence-corrected chi connectivity index (χ1v) is 10.7. The summed E-state index contributed by atoms with van der Waals surface area (Å²) in [4.78, 5) is 22.2. The number of phenolic OH excluding ortho intramolecular Hbond substituents is 1. The number of halogens is 3. The van der Waals surface area contributed by atoms with E-state index in [1.54, 1.807) is 0 Å². The van der Waals surface area contributed by atoms with Crippen LogP contribution in [0.1, 0.15) is 6.42 Å². The van der Waals surface area contributed by atoms with Crippen LogP contribution in [0.2, 0.25) is 5.02 Å². The number of aromatic hydroxyl groups is 1. The third-order valence-corrected chi connectivity index (χ3v) is 5.66. The number of anilines is 2. The number of carbonyl (C=O) groups excluding carboxylic acids is 1. The fourth-order valence-electron chi connectivity index (χ4n) is 3.74. The van der Waals surface area contributed by atoms with Crippen molar-refractivity contribution >= 4 is 40.2 Å². The number of aromatic nitrogens is 2. The van der Waals surface area contributed by atoms with Crippen molar-refractivity contribution in [2.24, 2.45) is 0 Å². The van der Waals surface area contributed by atoms with Crippen LogP contribution in [0.25, 0.3) is 22.0 Å². The number of fused-ring (bicyclic) bond motifs is 1. The smallest absolute Gasteiger partial charge is 0.307 e. The molecule has 2 heterocycles. The van der Waals surface area contributed by atoms with Gasteiger partial charge >= 0.3 is 5.97 Å². The summed E-state index contributed by atoms with van der Waals surface area (Å²) in [7, 11) is 1.29. The number of hydrogen-bond donors (Lipinski definition) is 3. The van der Waals surface area contributed by atoms with Crippen molar-refractivity contribution < 1.29 is 23.4 Å². The van der Waals surface area contributed by atoms with E-state index in [9.17, 15) is 14.3 Å². The number of benzene rings is 2. The first-order valence-electron chi connectivity index (χ1n) is 10.3. The van der Waals surface area contributed by atoms with Gasteiger partial charge in [-0.05, 0) is 18.2 Å². The van der Waals surface area contributed by atoms with Crippen molar-refractivity contribution in [2.75, 3.05) is 50.1 Å². The number of ether oxygens (including phenoxy) is 1. The van der Waals surface area contributed by atoms with E-state index in [-0.39, 0.29) is 40.6 Å². The Bertz CT molecular complexity index is 1180. The van der Waals surface area contributed by atoms with Crippen molar-refractivity contribution in [3.05, 3.63) is 40.9 Å². The molecule has 0 saturated carbocycles. The predicted molar refractivity (Wildman–Crippen MR) is 122 cm³/mol. The maximum absolute atomic E-state index is 15.8. The van der Waals surface area contributed by atoms with Crippen molar-refractivity contribution in [1.29, 1.82) is 0 Å². The van der Waals surface area contributed by atoms with E-state index < -0.39 is 23.4 Å². The van der Waals surface area contributed by atoms with Gasteiger partial charge in [0.05, 0.1) is 24.1 Å². The molecule has 1 aromatic heterocycles. The van der Waals surface area contributed by atoms with Crippen molar-refractivity contribution in [3.8, 4) is 16.9 Å². The van der Waals surface area contributed by atoms with Crippen LogP contribution in [-0.2, 0) is 9.53 Å². The number of hydrogen-bond acceptors (Lipinski definition) is 8. The SMILES string of the molecule is COC(=O)CCNc1nc(N2CCNCC2)c2cc(Cl)c(-c3c(O)cccc3F)c(F)c2n1. The van der Waals surface area contributed by atoms with Crippen LogP contribution in [0.15, 0.2) is 24.3 Å². The zero-order valence-corrected chi connectivity index (χ0v) is 18.5. The number of esters is 1. The second kappa shape index (κ2) is 9.72. The van der Waals surface area contributed by atoms with Crippen LogP contribution in [0.3, 0.4) is 0 Å². The van der Waals surface area contributed by atoms with E-state index in [4.69, 9.17) is 11.6 Å². The Labute approximate surface area is 193 Å². The van der Waals surface area contributed by atoms with Gasteiger partial charge < -0.3 is 25.4 Å². The number of phenols is 1. The highest BCUT2D eigenvalue weighted by Gasteiger charge is 2.25. The minimum absolute atomic E-state index is 0.0678. The molecule has 3 aromatic rings. The average molecular weight is 478 g/mol. The third-order valence-electron chi connectivity index (χ3n) is 5.36. The molecule has 1 saturated heterocycles. The lowest BCUT2D eigenvalue weighted by molar-refractivity contribution is -0.140. The molecule has 0 atom stereocenters. The van der Waals surface area contributed by atoms with Crippen LogP contribution in [-0.4, -0.2) is 60.9 Å². The van der Waals surface area contributed by atoms with E-state index in [1.165, 1.54) is 25.3 Å². The Kier molecular flexibility index (Phi) is 6.75. The molecule has 3 N–H and O–H groups in total. The molecule has 8 nitrogen and oxygen atoms in total. The van der Waals surface area contributed by atoms with Gasteiger partial charge in [0, 0.05) is 43.7 Å². The Morgan fingerprint density at radius 2 is 2.03 bits per heavy atom. The lowest BCUT2D eigenvalue weighted by Gasteiger charge is -2.29. The van der Waals surface area contributed by atoms with E-state index in [2.05, 4.69) is 25.3 Å². The van der Waals surface area contributed by atoms with E-state index in [0.29, 0.717) is 37.4 Å². The topological polar surface area (TPSA) is 99.6 Å². The Balaban J connectivity index is 1.88.